The number of fused-ring (bicyclic) bond motifs is 1. The molecule has 1 aromatic heterocycles. The summed E-state index contributed by atoms with van der Waals surface area (Å²) < 4.78 is 1.49. The maximum Gasteiger partial charge on any atom is 0.262 e. The van der Waals surface area contributed by atoms with Crippen LogP contribution in [0, 0.1) is 6.92 Å². The lowest BCUT2D eigenvalue weighted by atomic mass is 10.2. The minimum Gasteiger partial charge on any atom is -0.355 e. The lowest BCUT2D eigenvalue weighted by Gasteiger charge is -2.13. The van der Waals surface area contributed by atoms with Crippen molar-refractivity contribution in [1.29, 1.82) is 0 Å². The molecule has 156 valence electrons. The topological polar surface area (TPSA) is 93.1 Å². The van der Waals surface area contributed by atoms with E-state index in [2.05, 4.69) is 15.6 Å². The van der Waals surface area contributed by atoms with Gasteiger partial charge in [-0.1, -0.05) is 41.6 Å². The van der Waals surface area contributed by atoms with Crippen LogP contribution in [0.1, 0.15) is 12.5 Å². The molecule has 0 saturated carbocycles. The number of carbonyl (C=O) groups is 2. The van der Waals surface area contributed by atoms with Crippen LogP contribution in [0.4, 0.5) is 5.69 Å². The summed E-state index contributed by atoms with van der Waals surface area (Å²) in [4.78, 5) is 41.0. The molecule has 0 bridgehead atoms. The second-order valence-electron chi connectivity index (χ2n) is 6.65. The summed E-state index contributed by atoms with van der Waals surface area (Å²) >= 11 is 7.26. The van der Waals surface area contributed by atoms with Gasteiger partial charge in [0.1, 0.15) is 0 Å². The molecule has 2 amide bonds. The predicted molar refractivity (Wildman–Crippen MR) is 120 cm³/mol. The Morgan fingerprint density at radius 2 is 1.97 bits per heavy atom. The Hall–Kier alpha value is -2.84. The molecule has 2 N–H and O–H groups in total. The molecule has 9 heteroatoms. The van der Waals surface area contributed by atoms with Crippen molar-refractivity contribution in [3.8, 4) is 0 Å². The Morgan fingerprint density at radius 3 is 2.70 bits per heavy atom. The quantitative estimate of drug-likeness (QED) is 0.431. The van der Waals surface area contributed by atoms with E-state index in [4.69, 9.17) is 11.6 Å². The second kappa shape index (κ2) is 9.77. The van der Waals surface area contributed by atoms with Crippen molar-refractivity contribution >= 4 is 51.8 Å². The van der Waals surface area contributed by atoms with Gasteiger partial charge < -0.3 is 10.6 Å². The zero-order valence-corrected chi connectivity index (χ0v) is 18.1. The lowest BCUT2D eigenvalue weighted by Crippen LogP contribution is -2.31. The van der Waals surface area contributed by atoms with E-state index in [1.165, 1.54) is 11.5 Å². The van der Waals surface area contributed by atoms with Gasteiger partial charge in [-0.15, -0.1) is 0 Å². The minimum atomic E-state index is -0.240. The molecule has 30 heavy (non-hydrogen) atoms. The molecule has 0 atom stereocenters. The molecule has 0 aliphatic rings. The first-order valence-corrected chi connectivity index (χ1v) is 10.6. The highest BCUT2D eigenvalue weighted by atomic mass is 35.5. The highest BCUT2D eigenvalue weighted by molar-refractivity contribution is 7.99. The number of nitrogens with zero attached hydrogens (tertiary/aromatic N) is 2. The van der Waals surface area contributed by atoms with E-state index in [0.717, 1.165) is 17.3 Å². The second-order valence-corrected chi connectivity index (χ2v) is 8.00. The zero-order valence-electron chi connectivity index (χ0n) is 16.6. The van der Waals surface area contributed by atoms with Crippen molar-refractivity contribution in [1.82, 2.24) is 14.9 Å². The van der Waals surface area contributed by atoms with Crippen LogP contribution < -0.4 is 16.2 Å². The summed E-state index contributed by atoms with van der Waals surface area (Å²) in [5, 5.41) is 6.95. The number of hydrogen-bond donors (Lipinski definition) is 2. The third-order valence-corrected chi connectivity index (χ3v) is 5.71. The van der Waals surface area contributed by atoms with Gasteiger partial charge >= 0.3 is 0 Å². The summed E-state index contributed by atoms with van der Waals surface area (Å²) in [6, 6.07) is 12.3. The highest BCUT2D eigenvalue weighted by Crippen LogP contribution is 2.21. The molecule has 0 radical (unpaired) electrons. The highest BCUT2D eigenvalue weighted by Gasteiger charge is 2.13. The molecular formula is C21H21ClN4O3S. The van der Waals surface area contributed by atoms with E-state index in [9.17, 15) is 14.4 Å². The van der Waals surface area contributed by atoms with E-state index in [0.29, 0.717) is 26.8 Å². The van der Waals surface area contributed by atoms with Crippen LogP contribution in [0.3, 0.4) is 0 Å². The van der Waals surface area contributed by atoms with Gasteiger partial charge in [0.05, 0.1) is 16.7 Å². The van der Waals surface area contributed by atoms with Crippen LogP contribution in [0.15, 0.2) is 52.4 Å². The van der Waals surface area contributed by atoms with Gasteiger partial charge in [-0.3, -0.25) is 19.0 Å². The Kier molecular flexibility index (Phi) is 7.12. The zero-order chi connectivity index (χ0) is 21.7. The van der Waals surface area contributed by atoms with Crippen molar-refractivity contribution in [2.45, 2.75) is 25.5 Å². The number of benzene rings is 2. The Morgan fingerprint density at radius 1 is 1.20 bits per heavy atom. The van der Waals surface area contributed by atoms with Gasteiger partial charge in [-0.25, -0.2) is 4.98 Å². The van der Waals surface area contributed by atoms with Crippen molar-refractivity contribution in [3.63, 3.8) is 0 Å². The van der Waals surface area contributed by atoms with Crippen LogP contribution in [-0.4, -0.2) is 33.7 Å². The smallest absolute Gasteiger partial charge is 0.262 e. The molecule has 1 heterocycles. The Bertz CT molecular complexity index is 1160. The average molecular weight is 445 g/mol. The fourth-order valence-electron chi connectivity index (χ4n) is 2.80. The largest absolute Gasteiger partial charge is 0.355 e. The first-order valence-electron chi connectivity index (χ1n) is 9.28. The number of aromatic nitrogens is 2. The number of amides is 2. The van der Waals surface area contributed by atoms with Gasteiger partial charge in [0.15, 0.2) is 5.16 Å². The molecule has 0 aliphatic carbocycles. The number of halogens is 1. The summed E-state index contributed by atoms with van der Waals surface area (Å²) in [5.41, 5.74) is 1.88. The first kappa shape index (κ1) is 21.9. The minimum absolute atomic E-state index is 0.0659. The lowest BCUT2D eigenvalue weighted by molar-refractivity contribution is -0.119. The molecule has 0 saturated heterocycles. The van der Waals surface area contributed by atoms with E-state index in [1.54, 1.807) is 36.4 Å². The number of thioether (sulfide) groups is 1. The van der Waals surface area contributed by atoms with Gasteiger partial charge in [0.25, 0.3) is 5.56 Å². The van der Waals surface area contributed by atoms with E-state index in [-0.39, 0.29) is 36.2 Å². The number of anilines is 1. The summed E-state index contributed by atoms with van der Waals surface area (Å²) in [5.74, 6) is -0.353. The number of hydrogen-bond acceptors (Lipinski definition) is 5. The third kappa shape index (κ3) is 5.40. The predicted octanol–water partition coefficient (Wildman–Crippen LogP) is 3.23. The SMILES string of the molecule is CC(=O)NCCn1c(SCC(=O)Nc2ccc(C)c(Cl)c2)nc2ccccc2c1=O. The molecule has 0 aliphatic heterocycles. The molecule has 3 rings (SSSR count). The molecule has 0 unspecified atom stereocenters. The number of para-hydroxylation sites is 1. The van der Waals surface area contributed by atoms with E-state index >= 15 is 0 Å². The Balaban J connectivity index is 1.79. The molecule has 7 nitrogen and oxygen atoms in total. The van der Waals surface area contributed by atoms with Crippen LogP contribution in [0.5, 0.6) is 0 Å². The van der Waals surface area contributed by atoms with Crippen molar-refractivity contribution in [2.24, 2.45) is 0 Å². The average Bonchev–Trinajstić information content (AvgIpc) is 2.71. The number of aryl methyl sites for hydroxylation is 1. The number of rotatable bonds is 7. The van der Waals surface area contributed by atoms with Crippen molar-refractivity contribution in [3.05, 3.63) is 63.4 Å². The van der Waals surface area contributed by atoms with Crippen LogP contribution in [-0.2, 0) is 16.1 Å². The molecule has 3 aromatic rings. The molecule has 0 fully saturated rings. The fraction of sp³-hybridized carbons (Fsp3) is 0.238. The van der Waals surface area contributed by atoms with Crippen LogP contribution in [0.25, 0.3) is 10.9 Å². The molecule has 2 aromatic carbocycles. The maximum absolute atomic E-state index is 12.9. The van der Waals surface area contributed by atoms with E-state index < -0.39 is 0 Å². The van der Waals surface area contributed by atoms with Crippen LogP contribution in [0.2, 0.25) is 5.02 Å². The summed E-state index contributed by atoms with van der Waals surface area (Å²) in [6.07, 6.45) is 0. The molecule has 0 spiro atoms. The monoisotopic (exact) mass is 444 g/mol. The number of carbonyl (C=O) groups excluding carboxylic acids is 2. The van der Waals surface area contributed by atoms with Gasteiger partial charge in [0.2, 0.25) is 11.8 Å². The fourth-order valence-corrected chi connectivity index (χ4v) is 3.80. The van der Waals surface area contributed by atoms with E-state index in [1.807, 2.05) is 13.0 Å². The maximum atomic E-state index is 12.9. The van der Waals surface area contributed by atoms with Gasteiger partial charge in [-0.2, -0.15) is 0 Å². The Labute approximate surface area is 182 Å². The van der Waals surface area contributed by atoms with Gasteiger partial charge in [-0.05, 0) is 36.8 Å². The van der Waals surface area contributed by atoms with Crippen molar-refractivity contribution < 1.29 is 9.59 Å². The standard InChI is InChI=1S/C21H21ClN4O3S/c1-13-7-8-15(11-17(13)22)24-19(28)12-30-21-25-18-6-4-3-5-16(18)20(29)26(21)10-9-23-14(2)27/h3-8,11H,9-10,12H2,1-2H3,(H,23,27)(H,24,28). The van der Waals surface area contributed by atoms with Crippen LogP contribution >= 0.6 is 23.4 Å². The summed E-state index contributed by atoms with van der Waals surface area (Å²) in [6.45, 7) is 3.85. The third-order valence-electron chi connectivity index (χ3n) is 4.32. The normalized spacial score (nSPS) is 10.8. The first-order chi connectivity index (χ1) is 14.3. The summed E-state index contributed by atoms with van der Waals surface area (Å²) in [7, 11) is 0. The molecular weight excluding hydrogens is 424 g/mol. The number of nitrogens with one attached hydrogen (secondary N) is 2. The van der Waals surface area contributed by atoms with Gasteiger partial charge in [0, 0.05) is 30.7 Å². The van der Waals surface area contributed by atoms with Crippen molar-refractivity contribution in [2.75, 3.05) is 17.6 Å².